The van der Waals surface area contributed by atoms with E-state index in [1.165, 1.54) is 4.90 Å². The summed E-state index contributed by atoms with van der Waals surface area (Å²) in [6.45, 7) is 2.75. The third-order valence-corrected chi connectivity index (χ3v) is 5.83. The standard InChI is InChI=1S/C27H23NO5/c1-3-31-22-15-18(13-14-21(22)32-16-17-9-5-4-6-10-17)24-23-25(29)19-11-7-8-12-20(19)33-26(23)27(30)28(24)2/h4-15,24H,3,16H2,1-2H3. The van der Waals surface area contributed by atoms with Crippen LogP contribution in [0.1, 0.15) is 40.2 Å². The molecule has 1 aromatic heterocycles. The van der Waals surface area contributed by atoms with Crippen molar-refractivity contribution in [1.82, 2.24) is 4.90 Å². The maximum absolute atomic E-state index is 13.3. The zero-order valence-corrected chi connectivity index (χ0v) is 18.4. The van der Waals surface area contributed by atoms with E-state index in [0.29, 0.717) is 41.2 Å². The van der Waals surface area contributed by atoms with Crippen molar-refractivity contribution in [2.45, 2.75) is 19.6 Å². The minimum absolute atomic E-state index is 0.0913. The van der Waals surface area contributed by atoms with Gasteiger partial charge in [-0.1, -0.05) is 48.5 Å². The molecular formula is C27H23NO5. The van der Waals surface area contributed by atoms with Crippen molar-refractivity contribution in [3.05, 3.63) is 105 Å². The molecule has 4 aromatic rings. The molecular weight excluding hydrogens is 418 g/mol. The van der Waals surface area contributed by atoms with Crippen molar-refractivity contribution < 1.29 is 18.7 Å². The van der Waals surface area contributed by atoms with Gasteiger partial charge in [-0.2, -0.15) is 0 Å². The Balaban J connectivity index is 1.56. The molecule has 33 heavy (non-hydrogen) atoms. The van der Waals surface area contributed by atoms with Crippen LogP contribution in [0.3, 0.4) is 0 Å². The molecule has 0 aliphatic carbocycles. The van der Waals surface area contributed by atoms with Gasteiger partial charge >= 0.3 is 0 Å². The van der Waals surface area contributed by atoms with Crippen LogP contribution in [0.5, 0.6) is 11.5 Å². The second kappa shape index (κ2) is 8.47. The van der Waals surface area contributed by atoms with Crippen LogP contribution in [0.25, 0.3) is 11.0 Å². The number of rotatable bonds is 6. The van der Waals surface area contributed by atoms with Gasteiger partial charge in [-0.3, -0.25) is 9.59 Å². The third kappa shape index (κ3) is 3.63. The van der Waals surface area contributed by atoms with E-state index in [-0.39, 0.29) is 17.1 Å². The van der Waals surface area contributed by atoms with Crippen molar-refractivity contribution in [2.24, 2.45) is 0 Å². The zero-order chi connectivity index (χ0) is 22.9. The Hall–Kier alpha value is -4.06. The molecule has 1 amide bonds. The SMILES string of the molecule is CCOc1cc(C2c3c(oc4ccccc4c3=O)C(=O)N2C)ccc1OCc1ccccc1. The van der Waals surface area contributed by atoms with E-state index < -0.39 is 6.04 Å². The first-order valence-electron chi connectivity index (χ1n) is 10.8. The number of fused-ring (bicyclic) bond motifs is 2. The largest absolute Gasteiger partial charge is 0.490 e. The molecule has 0 N–H and O–H groups in total. The quantitative estimate of drug-likeness (QED) is 0.424. The number of ether oxygens (including phenoxy) is 2. The number of hydrogen-bond acceptors (Lipinski definition) is 5. The molecule has 2 heterocycles. The first-order chi connectivity index (χ1) is 16.1. The van der Waals surface area contributed by atoms with Gasteiger partial charge in [-0.15, -0.1) is 0 Å². The Morgan fingerprint density at radius 3 is 2.45 bits per heavy atom. The number of carbonyl (C=O) groups is 1. The molecule has 0 radical (unpaired) electrons. The highest BCUT2D eigenvalue weighted by molar-refractivity contribution is 5.98. The summed E-state index contributed by atoms with van der Waals surface area (Å²) >= 11 is 0. The molecule has 6 nitrogen and oxygen atoms in total. The van der Waals surface area contributed by atoms with Crippen molar-refractivity contribution in [1.29, 1.82) is 0 Å². The normalized spacial score (nSPS) is 15.0. The van der Waals surface area contributed by atoms with Crippen LogP contribution in [0.15, 0.2) is 82.0 Å². The Labute approximate surface area is 191 Å². The van der Waals surface area contributed by atoms with Crippen LogP contribution >= 0.6 is 0 Å². The van der Waals surface area contributed by atoms with E-state index >= 15 is 0 Å². The lowest BCUT2D eigenvalue weighted by Gasteiger charge is -2.22. The van der Waals surface area contributed by atoms with Crippen LogP contribution in [0.4, 0.5) is 0 Å². The molecule has 3 aromatic carbocycles. The molecule has 0 fully saturated rings. The van der Waals surface area contributed by atoms with Crippen molar-refractivity contribution in [2.75, 3.05) is 13.7 Å². The zero-order valence-electron chi connectivity index (χ0n) is 18.4. The molecule has 5 rings (SSSR count). The third-order valence-electron chi connectivity index (χ3n) is 5.83. The van der Waals surface area contributed by atoms with Gasteiger partial charge in [0.25, 0.3) is 5.91 Å². The minimum Gasteiger partial charge on any atom is -0.490 e. The Bertz CT molecular complexity index is 1390. The average molecular weight is 441 g/mol. The van der Waals surface area contributed by atoms with E-state index in [9.17, 15) is 9.59 Å². The predicted octanol–water partition coefficient (Wildman–Crippen LogP) is 4.95. The number of amides is 1. The molecule has 0 saturated heterocycles. The van der Waals surface area contributed by atoms with E-state index in [2.05, 4.69) is 0 Å². The molecule has 0 spiro atoms. The number of para-hydroxylation sites is 1. The van der Waals surface area contributed by atoms with Gasteiger partial charge in [0.1, 0.15) is 12.2 Å². The van der Waals surface area contributed by atoms with Crippen LogP contribution in [0, 0.1) is 0 Å². The van der Waals surface area contributed by atoms with Crippen LogP contribution in [-0.2, 0) is 6.61 Å². The highest BCUT2D eigenvalue weighted by atomic mass is 16.5. The summed E-state index contributed by atoms with van der Waals surface area (Å²) in [7, 11) is 1.67. The smallest absolute Gasteiger partial charge is 0.290 e. The topological polar surface area (TPSA) is 69.0 Å². The maximum Gasteiger partial charge on any atom is 0.290 e. The van der Waals surface area contributed by atoms with Crippen LogP contribution in [0.2, 0.25) is 0 Å². The van der Waals surface area contributed by atoms with Gasteiger partial charge in [0, 0.05) is 7.05 Å². The fourth-order valence-electron chi connectivity index (χ4n) is 4.24. The van der Waals surface area contributed by atoms with Gasteiger partial charge in [0.2, 0.25) is 5.76 Å². The molecule has 0 bridgehead atoms. The molecule has 1 aliphatic rings. The van der Waals surface area contributed by atoms with Crippen LogP contribution < -0.4 is 14.9 Å². The summed E-state index contributed by atoms with van der Waals surface area (Å²) in [6.07, 6.45) is 0. The summed E-state index contributed by atoms with van der Waals surface area (Å²) in [5.74, 6) is 0.932. The first kappa shape index (κ1) is 20.8. The number of carbonyl (C=O) groups excluding carboxylic acids is 1. The van der Waals surface area contributed by atoms with Crippen molar-refractivity contribution in [3.63, 3.8) is 0 Å². The predicted molar refractivity (Wildman–Crippen MR) is 125 cm³/mol. The molecule has 1 atom stereocenters. The second-order valence-electron chi connectivity index (χ2n) is 7.90. The molecule has 166 valence electrons. The minimum atomic E-state index is -0.573. The molecule has 0 saturated carbocycles. The highest BCUT2D eigenvalue weighted by Gasteiger charge is 2.41. The van der Waals surface area contributed by atoms with Gasteiger partial charge in [0.05, 0.1) is 23.6 Å². The van der Waals surface area contributed by atoms with Crippen molar-refractivity contribution in [3.8, 4) is 11.5 Å². The fraction of sp³-hybridized carbons (Fsp3) is 0.185. The Morgan fingerprint density at radius 2 is 1.67 bits per heavy atom. The Morgan fingerprint density at radius 1 is 0.909 bits per heavy atom. The summed E-state index contributed by atoms with van der Waals surface area (Å²) in [5, 5.41) is 0.456. The summed E-state index contributed by atoms with van der Waals surface area (Å²) in [5.41, 5.74) is 2.35. The van der Waals surface area contributed by atoms with Crippen molar-refractivity contribution >= 4 is 16.9 Å². The summed E-state index contributed by atoms with van der Waals surface area (Å²) in [4.78, 5) is 27.8. The lowest BCUT2D eigenvalue weighted by molar-refractivity contribution is 0.0771. The lowest BCUT2D eigenvalue weighted by Crippen LogP contribution is -2.25. The lowest BCUT2D eigenvalue weighted by atomic mass is 9.98. The maximum atomic E-state index is 13.3. The van der Waals surface area contributed by atoms with Gasteiger partial charge < -0.3 is 18.8 Å². The van der Waals surface area contributed by atoms with Gasteiger partial charge in [-0.25, -0.2) is 0 Å². The molecule has 1 aliphatic heterocycles. The van der Waals surface area contributed by atoms with Gasteiger partial charge in [0.15, 0.2) is 16.9 Å². The number of nitrogens with zero attached hydrogens (tertiary/aromatic N) is 1. The number of benzene rings is 3. The number of hydrogen-bond donors (Lipinski definition) is 0. The average Bonchev–Trinajstić information content (AvgIpc) is 3.09. The van der Waals surface area contributed by atoms with E-state index in [4.69, 9.17) is 13.9 Å². The fourth-order valence-corrected chi connectivity index (χ4v) is 4.24. The first-order valence-corrected chi connectivity index (χ1v) is 10.8. The van der Waals surface area contributed by atoms with E-state index in [1.807, 2.05) is 55.5 Å². The molecule has 6 heteroatoms. The van der Waals surface area contributed by atoms with Crippen LogP contribution in [-0.4, -0.2) is 24.5 Å². The second-order valence-corrected chi connectivity index (χ2v) is 7.90. The van der Waals surface area contributed by atoms with E-state index in [1.54, 1.807) is 31.3 Å². The Kier molecular flexibility index (Phi) is 5.34. The monoisotopic (exact) mass is 441 g/mol. The molecule has 1 unspecified atom stereocenters. The van der Waals surface area contributed by atoms with Gasteiger partial charge in [-0.05, 0) is 42.3 Å². The highest BCUT2D eigenvalue weighted by Crippen LogP contribution is 2.40. The summed E-state index contributed by atoms with van der Waals surface area (Å²) < 4.78 is 17.7. The van der Waals surface area contributed by atoms with E-state index in [0.717, 1.165) is 11.1 Å². The summed E-state index contributed by atoms with van der Waals surface area (Å²) in [6, 6.07) is 21.8.